The van der Waals surface area contributed by atoms with Gasteiger partial charge in [-0.05, 0) is 56.1 Å². The average Bonchev–Trinajstić information content (AvgIpc) is 2.66. The lowest BCUT2D eigenvalue weighted by atomic mass is 9.65. The van der Waals surface area contributed by atoms with Gasteiger partial charge in [0.05, 0.1) is 12.7 Å². The summed E-state index contributed by atoms with van der Waals surface area (Å²) in [7, 11) is 0. The van der Waals surface area contributed by atoms with Crippen LogP contribution in [0.5, 0.6) is 0 Å². The Kier molecular flexibility index (Phi) is 5.64. The van der Waals surface area contributed by atoms with Crippen molar-refractivity contribution in [2.24, 2.45) is 23.5 Å². The van der Waals surface area contributed by atoms with Gasteiger partial charge >= 0.3 is 0 Å². The Bertz CT molecular complexity index is 636. The number of nitrogens with zero attached hydrogens (tertiary/aromatic N) is 2. The second-order valence-electron chi connectivity index (χ2n) is 8.57. The lowest BCUT2D eigenvalue weighted by Crippen LogP contribution is -2.49. The summed E-state index contributed by atoms with van der Waals surface area (Å²) in [5, 5.41) is 3.13. The summed E-state index contributed by atoms with van der Waals surface area (Å²) in [4.78, 5) is 19.5. The summed E-state index contributed by atoms with van der Waals surface area (Å²) in [6.07, 6.45) is 7.67. The van der Waals surface area contributed by atoms with Crippen molar-refractivity contribution in [2.45, 2.75) is 57.7 Å². The van der Waals surface area contributed by atoms with Gasteiger partial charge < -0.3 is 20.7 Å². The van der Waals surface area contributed by atoms with E-state index in [9.17, 15) is 4.79 Å². The standard InChI is InChI=1S/C21H32N4O2/c1-14-13-25(7-8-27-14)19-6-5-15(11-23-19)12-24-21(26)18-9-16-3-2-4-17(10-18)20(16)22/h5-6,11,14,16-18,20H,2-4,7-10,12-13,22H2,1H3,(H,24,26). The third kappa shape index (κ3) is 4.27. The molecule has 3 fully saturated rings. The fourth-order valence-electron chi connectivity index (χ4n) is 5.07. The molecule has 3 atom stereocenters. The van der Waals surface area contributed by atoms with E-state index in [0.717, 1.165) is 43.9 Å². The number of hydrogen-bond acceptors (Lipinski definition) is 5. The molecule has 2 aliphatic carbocycles. The fraction of sp³-hybridized carbons (Fsp3) is 0.714. The normalized spacial score (nSPS) is 33.6. The molecule has 3 N–H and O–H groups in total. The predicted octanol–water partition coefficient (Wildman–Crippen LogP) is 2.08. The predicted molar refractivity (Wildman–Crippen MR) is 105 cm³/mol. The third-order valence-corrected chi connectivity index (χ3v) is 6.62. The number of anilines is 1. The second kappa shape index (κ2) is 8.15. The molecule has 0 spiro atoms. The van der Waals surface area contributed by atoms with Gasteiger partial charge in [0.25, 0.3) is 0 Å². The van der Waals surface area contributed by atoms with Crippen LogP contribution in [0.25, 0.3) is 0 Å². The smallest absolute Gasteiger partial charge is 0.223 e. The van der Waals surface area contributed by atoms with Crippen molar-refractivity contribution in [2.75, 3.05) is 24.6 Å². The van der Waals surface area contributed by atoms with E-state index in [1.165, 1.54) is 19.3 Å². The molecule has 1 aliphatic heterocycles. The molecular formula is C21H32N4O2. The van der Waals surface area contributed by atoms with Crippen LogP contribution in [0, 0.1) is 17.8 Å². The molecule has 0 radical (unpaired) electrons. The number of morpholine rings is 1. The third-order valence-electron chi connectivity index (χ3n) is 6.62. The quantitative estimate of drug-likeness (QED) is 0.846. The maximum absolute atomic E-state index is 12.7. The number of nitrogens with one attached hydrogen (secondary N) is 1. The number of aromatic nitrogens is 1. The molecule has 1 saturated heterocycles. The Morgan fingerprint density at radius 1 is 1.33 bits per heavy atom. The number of nitrogens with two attached hydrogens (primary N) is 1. The van der Waals surface area contributed by atoms with Gasteiger partial charge in [0.2, 0.25) is 5.91 Å². The van der Waals surface area contributed by atoms with Crippen LogP contribution in [0.15, 0.2) is 18.3 Å². The van der Waals surface area contributed by atoms with Crippen LogP contribution in [-0.2, 0) is 16.1 Å². The molecule has 27 heavy (non-hydrogen) atoms. The molecule has 1 aromatic heterocycles. The van der Waals surface area contributed by atoms with Crippen LogP contribution in [0.1, 0.15) is 44.6 Å². The van der Waals surface area contributed by atoms with Gasteiger partial charge in [-0.15, -0.1) is 0 Å². The fourth-order valence-corrected chi connectivity index (χ4v) is 5.07. The molecule has 3 unspecified atom stereocenters. The lowest BCUT2D eigenvalue weighted by Gasteiger charge is -2.43. The monoisotopic (exact) mass is 372 g/mol. The Balaban J connectivity index is 1.29. The molecule has 4 rings (SSSR count). The van der Waals surface area contributed by atoms with E-state index in [2.05, 4.69) is 28.2 Å². The van der Waals surface area contributed by atoms with Crippen LogP contribution < -0.4 is 16.0 Å². The first-order valence-electron chi connectivity index (χ1n) is 10.4. The van der Waals surface area contributed by atoms with Crippen LogP contribution in [-0.4, -0.2) is 42.7 Å². The number of amides is 1. The van der Waals surface area contributed by atoms with E-state index in [4.69, 9.17) is 10.5 Å². The summed E-state index contributed by atoms with van der Waals surface area (Å²) >= 11 is 0. The number of fused-ring (bicyclic) bond motifs is 2. The van der Waals surface area contributed by atoms with Gasteiger partial charge in [0, 0.05) is 37.8 Å². The van der Waals surface area contributed by atoms with Crippen molar-refractivity contribution in [1.29, 1.82) is 0 Å². The number of carbonyl (C=O) groups is 1. The minimum absolute atomic E-state index is 0.127. The van der Waals surface area contributed by atoms with Crippen molar-refractivity contribution in [3.63, 3.8) is 0 Å². The topological polar surface area (TPSA) is 80.5 Å². The number of carbonyl (C=O) groups excluding carboxylic acids is 1. The van der Waals surface area contributed by atoms with Crippen molar-refractivity contribution in [1.82, 2.24) is 10.3 Å². The van der Waals surface area contributed by atoms with Crippen molar-refractivity contribution in [3.05, 3.63) is 23.9 Å². The minimum Gasteiger partial charge on any atom is -0.375 e. The van der Waals surface area contributed by atoms with Gasteiger partial charge in [-0.2, -0.15) is 0 Å². The Morgan fingerprint density at radius 2 is 2.11 bits per heavy atom. The highest BCUT2D eigenvalue weighted by Crippen LogP contribution is 2.41. The summed E-state index contributed by atoms with van der Waals surface area (Å²) < 4.78 is 5.58. The zero-order valence-electron chi connectivity index (χ0n) is 16.3. The molecule has 2 saturated carbocycles. The molecule has 6 nitrogen and oxygen atoms in total. The molecule has 1 amide bonds. The zero-order chi connectivity index (χ0) is 18.8. The van der Waals surface area contributed by atoms with E-state index in [-0.39, 0.29) is 17.9 Å². The average molecular weight is 373 g/mol. The summed E-state index contributed by atoms with van der Waals surface area (Å²) in [5.74, 6) is 2.36. The van der Waals surface area contributed by atoms with Gasteiger partial charge in [-0.1, -0.05) is 12.5 Å². The molecular weight excluding hydrogens is 340 g/mol. The van der Waals surface area contributed by atoms with Crippen LogP contribution in [0.4, 0.5) is 5.82 Å². The summed E-state index contributed by atoms with van der Waals surface area (Å²) in [6.45, 7) is 5.12. The molecule has 2 heterocycles. The number of ether oxygens (including phenoxy) is 1. The highest BCUT2D eigenvalue weighted by atomic mass is 16.5. The molecule has 1 aromatic rings. The molecule has 3 aliphatic rings. The van der Waals surface area contributed by atoms with Crippen LogP contribution in [0.2, 0.25) is 0 Å². The van der Waals surface area contributed by atoms with Gasteiger partial charge in [0.15, 0.2) is 0 Å². The molecule has 2 bridgehead atoms. The van der Waals surface area contributed by atoms with E-state index >= 15 is 0 Å². The molecule has 0 aromatic carbocycles. The molecule has 6 heteroatoms. The minimum atomic E-state index is 0.127. The van der Waals surface area contributed by atoms with E-state index in [1.807, 2.05) is 12.3 Å². The molecule has 148 valence electrons. The first kappa shape index (κ1) is 18.7. The van der Waals surface area contributed by atoms with Gasteiger partial charge in [-0.25, -0.2) is 4.98 Å². The van der Waals surface area contributed by atoms with E-state index in [0.29, 0.717) is 24.4 Å². The number of hydrogen-bond donors (Lipinski definition) is 2. The van der Waals surface area contributed by atoms with Gasteiger partial charge in [-0.3, -0.25) is 4.79 Å². The van der Waals surface area contributed by atoms with E-state index in [1.54, 1.807) is 0 Å². The van der Waals surface area contributed by atoms with Crippen LogP contribution in [0.3, 0.4) is 0 Å². The maximum Gasteiger partial charge on any atom is 0.223 e. The second-order valence-corrected chi connectivity index (χ2v) is 8.57. The summed E-state index contributed by atoms with van der Waals surface area (Å²) in [5.41, 5.74) is 7.39. The number of pyridine rings is 1. The first-order valence-corrected chi connectivity index (χ1v) is 10.4. The Hall–Kier alpha value is -1.66. The highest BCUT2D eigenvalue weighted by Gasteiger charge is 2.40. The van der Waals surface area contributed by atoms with Crippen molar-refractivity contribution < 1.29 is 9.53 Å². The highest BCUT2D eigenvalue weighted by molar-refractivity contribution is 5.78. The largest absolute Gasteiger partial charge is 0.375 e. The summed E-state index contributed by atoms with van der Waals surface area (Å²) in [6, 6.07) is 4.42. The van der Waals surface area contributed by atoms with Gasteiger partial charge in [0.1, 0.15) is 5.82 Å². The lowest BCUT2D eigenvalue weighted by molar-refractivity contribution is -0.128. The Morgan fingerprint density at radius 3 is 2.78 bits per heavy atom. The van der Waals surface area contributed by atoms with Crippen LogP contribution >= 0.6 is 0 Å². The maximum atomic E-state index is 12.7. The zero-order valence-corrected chi connectivity index (χ0v) is 16.3. The Labute approximate surface area is 161 Å². The van der Waals surface area contributed by atoms with Crippen molar-refractivity contribution in [3.8, 4) is 0 Å². The van der Waals surface area contributed by atoms with Crippen molar-refractivity contribution >= 4 is 11.7 Å². The number of rotatable bonds is 4. The first-order chi connectivity index (χ1) is 13.1. The van der Waals surface area contributed by atoms with E-state index < -0.39 is 0 Å². The SMILES string of the molecule is CC1CN(c2ccc(CNC(=O)C3CC4CCCC(C3)C4N)cn2)CCO1.